The van der Waals surface area contributed by atoms with Crippen molar-refractivity contribution in [2.45, 2.75) is 6.92 Å². The minimum atomic E-state index is -0.0782. The summed E-state index contributed by atoms with van der Waals surface area (Å²) in [6.07, 6.45) is 1.65. The molecule has 1 amide bonds. The molecule has 0 aliphatic heterocycles. The van der Waals surface area contributed by atoms with Crippen LogP contribution in [0.5, 0.6) is 0 Å². The first-order valence-corrected chi connectivity index (χ1v) is 10.3. The van der Waals surface area contributed by atoms with Crippen LogP contribution in [0.2, 0.25) is 0 Å². The molecule has 2 aromatic carbocycles. The van der Waals surface area contributed by atoms with Crippen LogP contribution in [0.4, 0.5) is 5.13 Å². The number of para-hydroxylation sites is 2. The Hall–Kier alpha value is -3.03. The monoisotopic (exact) mass is 405 g/mol. The van der Waals surface area contributed by atoms with E-state index in [1.54, 1.807) is 15.8 Å². The molecule has 7 heteroatoms. The Labute approximate surface area is 174 Å². The number of anilines is 1. The number of carbonyl (C=O) groups excluding carboxylic acids is 1. The first-order valence-electron chi connectivity index (χ1n) is 9.47. The van der Waals surface area contributed by atoms with Crippen LogP contribution < -0.4 is 4.90 Å². The summed E-state index contributed by atoms with van der Waals surface area (Å²) < 4.78 is 2.87. The maximum Gasteiger partial charge on any atom is 0.263 e. The third kappa shape index (κ3) is 3.92. The van der Waals surface area contributed by atoms with Crippen molar-refractivity contribution in [1.29, 1.82) is 0 Å². The van der Waals surface area contributed by atoms with Crippen LogP contribution in [0, 0.1) is 6.92 Å². The Morgan fingerprint density at radius 2 is 1.76 bits per heavy atom. The smallest absolute Gasteiger partial charge is 0.263 e. The number of likely N-dealkylation sites (N-methyl/N-ethyl adjacent to an activating group) is 1. The van der Waals surface area contributed by atoms with Crippen molar-refractivity contribution in [1.82, 2.24) is 19.7 Å². The molecular formula is C22H23N5OS. The number of benzene rings is 2. The lowest BCUT2D eigenvalue weighted by atomic mass is 10.2. The summed E-state index contributed by atoms with van der Waals surface area (Å²) in [5.41, 5.74) is 3.25. The lowest BCUT2D eigenvalue weighted by Crippen LogP contribution is -2.37. The predicted molar refractivity (Wildman–Crippen MR) is 118 cm³/mol. The van der Waals surface area contributed by atoms with Gasteiger partial charge in [0.25, 0.3) is 5.91 Å². The van der Waals surface area contributed by atoms with Crippen molar-refractivity contribution < 1.29 is 4.79 Å². The molecule has 0 saturated carbocycles. The summed E-state index contributed by atoms with van der Waals surface area (Å²) in [5, 5.41) is 5.18. The molecule has 6 nitrogen and oxygen atoms in total. The molecule has 0 saturated heterocycles. The maximum absolute atomic E-state index is 13.5. The predicted octanol–water partition coefficient (Wildman–Crippen LogP) is 4.00. The van der Waals surface area contributed by atoms with Crippen LogP contribution in [-0.2, 0) is 0 Å². The molecule has 0 N–H and O–H groups in total. The number of hydrogen-bond acceptors (Lipinski definition) is 5. The Kier molecular flexibility index (Phi) is 5.42. The third-order valence-electron chi connectivity index (χ3n) is 4.77. The second-order valence-corrected chi connectivity index (χ2v) is 8.12. The molecular weight excluding hydrogens is 382 g/mol. The first kappa shape index (κ1) is 19.3. The highest BCUT2D eigenvalue weighted by molar-refractivity contribution is 7.22. The van der Waals surface area contributed by atoms with Gasteiger partial charge in [-0.05, 0) is 45.3 Å². The minimum Gasteiger partial charge on any atom is -0.308 e. The van der Waals surface area contributed by atoms with E-state index in [2.05, 4.69) is 10.00 Å². The number of thiazole rings is 1. The van der Waals surface area contributed by atoms with Crippen LogP contribution in [0.25, 0.3) is 15.9 Å². The quantitative estimate of drug-likeness (QED) is 0.487. The summed E-state index contributed by atoms with van der Waals surface area (Å²) in [6.45, 7) is 3.23. The summed E-state index contributed by atoms with van der Waals surface area (Å²) in [6, 6.07) is 17.8. The van der Waals surface area contributed by atoms with Gasteiger partial charge in [-0.1, -0.05) is 41.7 Å². The normalized spacial score (nSPS) is 11.3. The van der Waals surface area contributed by atoms with Crippen molar-refractivity contribution in [2.24, 2.45) is 0 Å². The van der Waals surface area contributed by atoms with Gasteiger partial charge in [0.05, 0.1) is 33.4 Å². The lowest BCUT2D eigenvalue weighted by Gasteiger charge is -2.21. The Bertz CT molecular complexity index is 1100. The van der Waals surface area contributed by atoms with E-state index in [4.69, 9.17) is 4.98 Å². The summed E-state index contributed by atoms with van der Waals surface area (Å²) >= 11 is 1.54. The number of hydrogen-bond donors (Lipinski definition) is 0. The van der Waals surface area contributed by atoms with Crippen LogP contribution in [0.3, 0.4) is 0 Å². The summed E-state index contributed by atoms with van der Waals surface area (Å²) in [7, 11) is 4.00. The number of nitrogens with zero attached hydrogens (tertiary/aromatic N) is 5. The highest BCUT2D eigenvalue weighted by Gasteiger charge is 2.25. The fourth-order valence-electron chi connectivity index (χ4n) is 3.15. The van der Waals surface area contributed by atoms with E-state index in [1.165, 1.54) is 11.3 Å². The topological polar surface area (TPSA) is 54.3 Å². The molecule has 0 spiro atoms. The maximum atomic E-state index is 13.5. The Balaban J connectivity index is 1.71. The van der Waals surface area contributed by atoms with E-state index in [0.717, 1.165) is 28.1 Å². The third-order valence-corrected chi connectivity index (χ3v) is 5.83. The van der Waals surface area contributed by atoms with Gasteiger partial charge in [-0.25, -0.2) is 9.67 Å². The molecule has 148 valence electrons. The van der Waals surface area contributed by atoms with E-state index in [-0.39, 0.29) is 5.91 Å². The second kappa shape index (κ2) is 8.14. The van der Waals surface area contributed by atoms with E-state index >= 15 is 0 Å². The molecule has 0 fully saturated rings. The zero-order valence-corrected chi connectivity index (χ0v) is 17.6. The van der Waals surface area contributed by atoms with Gasteiger partial charge < -0.3 is 4.90 Å². The number of carbonyl (C=O) groups is 1. The number of rotatable bonds is 6. The van der Waals surface area contributed by atoms with Crippen LogP contribution in [0.1, 0.15) is 16.1 Å². The van der Waals surface area contributed by atoms with Gasteiger partial charge in [-0.2, -0.15) is 5.10 Å². The molecule has 2 aromatic heterocycles. The number of amides is 1. The molecule has 0 bridgehead atoms. The lowest BCUT2D eigenvalue weighted by molar-refractivity contribution is 0.0984. The molecule has 0 aliphatic carbocycles. The average molecular weight is 406 g/mol. The Morgan fingerprint density at radius 3 is 2.48 bits per heavy atom. The van der Waals surface area contributed by atoms with Gasteiger partial charge in [0, 0.05) is 13.1 Å². The van der Waals surface area contributed by atoms with E-state index in [9.17, 15) is 4.79 Å². The summed E-state index contributed by atoms with van der Waals surface area (Å²) in [4.78, 5) is 22.1. The van der Waals surface area contributed by atoms with Gasteiger partial charge in [0.15, 0.2) is 5.13 Å². The summed E-state index contributed by atoms with van der Waals surface area (Å²) in [5.74, 6) is -0.0782. The van der Waals surface area contributed by atoms with E-state index < -0.39 is 0 Å². The van der Waals surface area contributed by atoms with E-state index in [0.29, 0.717) is 17.2 Å². The van der Waals surface area contributed by atoms with Crippen molar-refractivity contribution in [2.75, 3.05) is 32.1 Å². The minimum absolute atomic E-state index is 0.0782. The molecule has 0 atom stereocenters. The Morgan fingerprint density at radius 1 is 1.03 bits per heavy atom. The molecule has 2 heterocycles. The standard InChI is InChI=1S/C22H23N5OS/c1-16-18(15-23-27(16)17-9-5-4-6-10-17)21(28)26(14-13-25(2)3)22-24-19-11-7-8-12-20(19)29-22/h4-12,15H,13-14H2,1-3H3. The zero-order chi connectivity index (χ0) is 20.4. The molecule has 0 unspecified atom stereocenters. The van der Waals surface area contributed by atoms with Crippen LogP contribution in [0.15, 0.2) is 60.8 Å². The molecule has 4 rings (SSSR count). The van der Waals surface area contributed by atoms with Crippen LogP contribution >= 0.6 is 11.3 Å². The van der Waals surface area contributed by atoms with Crippen molar-refractivity contribution in [3.63, 3.8) is 0 Å². The SMILES string of the molecule is Cc1c(C(=O)N(CCN(C)C)c2nc3ccccc3s2)cnn1-c1ccccc1. The van der Waals surface area contributed by atoms with E-state index in [1.807, 2.05) is 75.6 Å². The highest BCUT2D eigenvalue weighted by Crippen LogP contribution is 2.30. The van der Waals surface area contributed by atoms with Crippen molar-refractivity contribution in [3.05, 3.63) is 72.1 Å². The molecule has 4 aromatic rings. The molecule has 0 aliphatic rings. The van der Waals surface area contributed by atoms with Gasteiger partial charge in [0.2, 0.25) is 0 Å². The number of fused-ring (bicyclic) bond motifs is 1. The van der Waals surface area contributed by atoms with Gasteiger partial charge in [-0.3, -0.25) is 9.69 Å². The van der Waals surface area contributed by atoms with Crippen molar-refractivity contribution >= 4 is 32.6 Å². The molecule has 29 heavy (non-hydrogen) atoms. The first-order chi connectivity index (χ1) is 14.0. The average Bonchev–Trinajstić information content (AvgIpc) is 3.32. The number of aromatic nitrogens is 3. The zero-order valence-electron chi connectivity index (χ0n) is 16.7. The van der Waals surface area contributed by atoms with Gasteiger partial charge in [-0.15, -0.1) is 0 Å². The fraction of sp³-hybridized carbons (Fsp3) is 0.227. The fourth-order valence-corrected chi connectivity index (χ4v) is 4.14. The second-order valence-electron chi connectivity index (χ2n) is 7.12. The molecule has 0 radical (unpaired) electrons. The van der Waals surface area contributed by atoms with Gasteiger partial charge in [0.1, 0.15) is 0 Å². The van der Waals surface area contributed by atoms with Gasteiger partial charge >= 0.3 is 0 Å². The highest BCUT2D eigenvalue weighted by atomic mass is 32.1. The van der Waals surface area contributed by atoms with Crippen LogP contribution in [-0.4, -0.2) is 52.8 Å². The largest absolute Gasteiger partial charge is 0.308 e. The van der Waals surface area contributed by atoms with Crippen molar-refractivity contribution in [3.8, 4) is 5.69 Å².